The minimum atomic E-state index is -0.331. The zero-order valence-electron chi connectivity index (χ0n) is 19.0. The van der Waals surface area contributed by atoms with Crippen molar-refractivity contribution in [3.8, 4) is 0 Å². The van der Waals surface area contributed by atoms with E-state index < -0.39 is 0 Å². The van der Waals surface area contributed by atoms with Gasteiger partial charge in [0.05, 0.1) is 23.6 Å². The van der Waals surface area contributed by atoms with Crippen molar-refractivity contribution in [2.24, 2.45) is 0 Å². The number of amides is 4. The fourth-order valence-electron chi connectivity index (χ4n) is 3.47. The first kappa shape index (κ1) is 23.8. The van der Waals surface area contributed by atoms with Crippen molar-refractivity contribution in [3.63, 3.8) is 0 Å². The zero-order valence-corrected chi connectivity index (χ0v) is 19.8. The molecule has 9 nitrogen and oxygen atoms in total. The summed E-state index contributed by atoms with van der Waals surface area (Å²) in [7, 11) is 3.90. The summed E-state index contributed by atoms with van der Waals surface area (Å²) >= 11 is 1.32. The second-order valence-electron chi connectivity index (χ2n) is 8.20. The molecule has 0 unspecified atom stereocenters. The fourth-order valence-corrected chi connectivity index (χ4v) is 4.17. The van der Waals surface area contributed by atoms with E-state index in [1.807, 2.05) is 36.5 Å². The summed E-state index contributed by atoms with van der Waals surface area (Å²) in [5.74, 6) is 0. The van der Waals surface area contributed by atoms with Gasteiger partial charge in [-0.15, -0.1) is 11.3 Å². The third-order valence-electron chi connectivity index (χ3n) is 5.15. The Hall–Kier alpha value is -2.85. The molecule has 1 aromatic heterocycles. The Labute approximate surface area is 193 Å². The first-order chi connectivity index (χ1) is 15.4. The van der Waals surface area contributed by atoms with Gasteiger partial charge in [0, 0.05) is 31.6 Å². The molecule has 1 aliphatic rings. The minimum absolute atomic E-state index is 0.239. The molecule has 1 aliphatic heterocycles. The molecule has 10 heteroatoms. The van der Waals surface area contributed by atoms with Gasteiger partial charge < -0.3 is 25.8 Å². The zero-order chi connectivity index (χ0) is 22.9. The minimum Gasteiger partial charge on any atom is -0.370 e. The van der Waals surface area contributed by atoms with Crippen molar-refractivity contribution >= 4 is 39.9 Å². The Kier molecular flexibility index (Phi) is 8.69. The molecule has 1 aromatic carbocycles. The van der Waals surface area contributed by atoms with Crippen LogP contribution in [-0.2, 0) is 6.54 Å². The monoisotopic (exact) mass is 459 g/mol. The molecule has 32 heavy (non-hydrogen) atoms. The van der Waals surface area contributed by atoms with E-state index in [2.05, 4.69) is 44.1 Å². The van der Waals surface area contributed by atoms with Crippen LogP contribution in [-0.4, -0.2) is 62.2 Å². The number of hydrogen-bond donors (Lipinski definition) is 4. The van der Waals surface area contributed by atoms with Gasteiger partial charge in [-0.25, -0.2) is 14.6 Å². The topological polar surface area (TPSA) is 102 Å². The number of rotatable bonds is 8. The van der Waals surface area contributed by atoms with Crippen LogP contribution in [0.25, 0.3) is 0 Å². The molecule has 0 spiro atoms. The van der Waals surface area contributed by atoms with Crippen molar-refractivity contribution in [1.82, 2.24) is 20.5 Å². The normalized spacial score (nSPS) is 13.7. The van der Waals surface area contributed by atoms with Gasteiger partial charge in [0.1, 0.15) is 0 Å². The molecule has 174 valence electrons. The van der Waals surface area contributed by atoms with E-state index in [1.54, 1.807) is 0 Å². The summed E-state index contributed by atoms with van der Waals surface area (Å²) in [4.78, 5) is 33.1. The van der Waals surface area contributed by atoms with Crippen LogP contribution < -0.4 is 26.2 Å². The molecule has 0 atom stereocenters. The SMILES string of the molecule is Cc1ccc(NC(=O)Nc2nc(CNC(=O)NCCN(C)C)cs2)c(N2CCCCC2)c1. The molecule has 3 rings (SSSR count). The van der Waals surface area contributed by atoms with E-state index in [9.17, 15) is 9.59 Å². The largest absolute Gasteiger partial charge is 0.370 e. The first-order valence-corrected chi connectivity index (χ1v) is 11.8. The number of carbonyl (C=O) groups is 2. The van der Waals surface area contributed by atoms with Crippen LogP contribution >= 0.6 is 11.3 Å². The lowest BCUT2D eigenvalue weighted by Crippen LogP contribution is -2.38. The number of nitrogens with zero attached hydrogens (tertiary/aromatic N) is 3. The Balaban J connectivity index is 1.51. The average molecular weight is 460 g/mol. The van der Waals surface area contributed by atoms with Gasteiger partial charge in [0.15, 0.2) is 5.13 Å². The van der Waals surface area contributed by atoms with E-state index in [1.165, 1.54) is 36.2 Å². The molecule has 2 aromatic rings. The van der Waals surface area contributed by atoms with Crippen molar-refractivity contribution in [2.45, 2.75) is 32.7 Å². The number of nitrogens with one attached hydrogen (secondary N) is 4. The first-order valence-electron chi connectivity index (χ1n) is 10.9. The third-order valence-corrected chi connectivity index (χ3v) is 5.95. The number of aryl methyl sites for hydroxylation is 1. The summed E-state index contributed by atoms with van der Waals surface area (Å²) in [5.41, 5.74) is 3.71. The second kappa shape index (κ2) is 11.7. The number of anilines is 3. The number of benzene rings is 1. The molecule has 0 saturated carbocycles. The maximum absolute atomic E-state index is 12.6. The standard InChI is InChI=1S/C22H33N7O2S/c1-16-7-8-18(19(13-16)29-10-5-4-6-11-29)26-21(31)27-22-25-17(15-32-22)14-24-20(30)23-9-12-28(2)3/h7-8,13,15H,4-6,9-12,14H2,1-3H3,(H2,23,24,30)(H2,25,26,27,31). The lowest BCUT2D eigenvalue weighted by molar-refractivity contribution is 0.239. The number of urea groups is 2. The highest BCUT2D eigenvalue weighted by molar-refractivity contribution is 7.13. The molecule has 0 radical (unpaired) electrons. The summed E-state index contributed by atoms with van der Waals surface area (Å²) in [6.45, 7) is 5.71. The number of likely N-dealkylation sites (N-methyl/N-ethyl adjacent to an activating group) is 1. The highest BCUT2D eigenvalue weighted by Crippen LogP contribution is 2.30. The van der Waals surface area contributed by atoms with Crippen LogP contribution in [0.15, 0.2) is 23.6 Å². The van der Waals surface area contributed by atoms with Gasteiger partial charge in [-0.05, 0) is 58.0 Å². The van der Waals surface area contributed by atoms with Crippen LogP contribution in [0.2, 0.25) is 0 Å². The van der Waals surface area contributed by atoms with Gasteiger partial charge in [0.25, 0.3) is 0 Å². The smallest absolute Gasteiger partial charge is 0.325 e. The Bertz CT molecular complexity index is 909. The van der Waals surface area contributed by atoms with Crippen LogP contribution in [0.4, 0.5) is 26.1 Å². The van der Waals surface area contributed by atoms with Crippen LogP contribution in [0, 0.1) is 6.92 Å². The van der Waals surface area contributed by atoms with Gasteiger partial charge in [-0.3, -0.25) is 5.32 Å². The summed E-state index contributed by atoms with van der Waals surface area (Å²) < 4.78 is 0. The van der Waals surface area contributed by atoms with Gasteiger partial charge in [-0.2, -0.15) is 0 Å². The van der Waals surface area contributed by atoms with E-state index in [4.69, 9.17) is 0 Å². The van der Waals surface area contributed by atoms with Gasteiger partial charge >= 0.3 is 12.1 Å². The quantitative estimate of drug-likeness (QED) is 0.484. The molecule has 1 saturated heterocycles. The highest BCUT2D eigenvalue weighted by Gasteiger charge is 2.17. The Morgan fingerprint density at radius 1 is 1.09 bits per heavy atom. The van der Waals surface area contributed by atoms with Crippen molar-refractivity contribution in [1.29, 1.82) is 0 Å². The summed E-state index contributed by atoms with van der Waals surface area (Å²) in [5, 5.41) is 13.6. The van der Waals surface area contributed by atoms with Crippen LogP contribution in [0.5, 0.6) is 0 Å². The van der Waals surface area contributed by atoms with E-state index in [-0.39, 0.29) is 12.1 Å². The number of piperidine rings is 1. The van der Waals surface area contributed by atoms with Gasteiger partial charge in [0.2, 0.25) is 0 Å². The van der Waals surface area contributed by atoms with E-state index >= 15 is 0 Å². The predicted octanol–water partition coefficient (Wildman–Crippen LogP) is 3.45. The fraction of sp³-hybridized carbons (Fsp3) is 0.500. The number of carbonyl (C=O) groups excluding carboxylic acids is 2. The maximum atomic E-state index is 12.6. The summed E-state index contributed by atoms with van der Waals surface area (Å²) in [6.07, 6.45) is 3.59. The lowest BCUT2D eigenvalue weighted by atomic mass is 10.1. The van der Waals surface area contributed by atoms with Gasteiger partial charge in [-0.1, -0.05) is 6.07 Å². The van der Waals surface area contributed by atoms with Crippen molar-refractivity contribution < 1.29 is 9.59 Å². The molecular formula is C22H33N7O2S. The third kappa shape index (κ3) is 7.38. The molecule has 1 fully saturated rings. The molecule has 0 bridgehead atoms. The van der Waals surface area contributed by atoms with Crippen LogP contribution in [0.1, 0.15) is 30.5 Å². The molecule has 4 N–H and O–H groups in total. The number of thiazole rings is 1. The maximum Gasteiger partial charge on any atom is 0.325 e. The Morgan fingerprint density at radius 3 is 2.62 bits per heavy atom. The second-order valence-corrected chi connectivity index (χ2v) is 9.06. The Morgan fingerprint density at radius 2 is 1.88 bits per heavy atom. The predicted molar refractivity (Wildman–Crippen MR) is 131 cm³/mol. The molecule has 2 heterocycles. The summed E-state index contributed by atoms with van der Waals surface area (Å²) in [6, 6.07) is 5.50. The number of hydrogen-bond acceptors (Lipinski definition) is 6. The lowest BCUT2D eigenvalue weighted by Gasteiger charge is -2.30. The van der Waals surface area contributed by atoms with E-state index in [0.29, 0.717) is 23.9 Å². The van der Waals surface area contributed by atoms with Crippen molar-refractivity contribution in [3.05, 3.63) is 34.8 Å². The molecule has 4 amide bonds. The van der Waals surface area contributed by atoms with E-state index in [0.717, 1.165) is 31.0 Å². The number of aromatic nitrogens is 1. The molecule has 0 aliphatic carbocycles. The average Bonchev–Trinajstić information content (AvgIpc) is 3.21. The van der Waals surface area contributed by atoms with Crippen molar-refractivity contribution in [2.75, 3.05) is 55.8 Å². The highest BCUT2D eigenvalue weighted by atomic mass is 32.1. The van der Waals surface area contributed by atoms with Crippen LogP contribution in [0.3, 0.4) is 0 Å². The molecular weight excluding hydrogens is 426 g/mol.